The fourth-order valence-corrected chi connectivity index (χ4v) is 3.63. The number of benzene rings is 1. The van der Waals surface area contributed by atoms with Crippen molar-refractivity contribution in [1.29, 1.82) is 0 Å². The molecule has 1 fully saturated rings. The summed E-state index contributed by atoms with van der Waals surface area (Å²) in [6.07, 6.45) is 0. The molecule has 5 nitrogen and oxygen atoms in total. The molecule has 3 aliphatic heterocycles. The lowest BCUT2D eigenvalue weighted by Crippen LogP contribution is -2.65. The highest BCUT2D eigenvalue weighted by molar-refractivity contribution is 9.10. The van der Waals surface area contributed by atoms with Crippen molar-refractivity contribution in [3.8, 4) is 5.75 Å². The van der Waals surface area contributed by atoms with Crippen LogP contribution in [-0.2, 0) is 15.0 Å². The summed E-state index contributed by atoms with van der Waals surface area (Å²) in [5, 5.41) is 0. The molecule has 3 aliphatic rings. The van der Waals surface area contributed by atoms with Crippen LogP contribution in [0.25, 0.3) is 0 Å². The first kappa shape index (κ1) is 12.6. The average Bonchev–Trinajstić information content (AvgIpc) is 2.38. The molecule has 0 bridgehead atoms. The van der Waals surface area contributed by atoms with Crippen LogP contribution in [-0.4, -0.2) is 38.9 Å². The minimum atomic E-state index is -0.495. The van der Waals surface area contributed by atoms with Crippen LogP contribution in [0, 0.1) is 5.41 Å². The van der Waals surface area contributed by atoms with Crippen LogP contribution in [0.1, 0.15) is 5.56 Å². The zero-order valence-corrected chi connectivity index (χ0v) is 12.5. The number of amidine groups is 1. The summed E-state index contributed by atoms with van der Waals surface area (Å²) in [7, 11) is 0. The van der Waals surface area contributed by atoms with Crippen LogP contribution in [0.15, 0.2) is 27.7 Å². The van der Waals surface area contributed by atoms with Crippen LogP contribution in [0.3, 0.4) is 0 Å². The molecule has 4 rings (SSSR count). The average molecular weight is 339 g/mol. The predicted octanol–water partition coefficient (Wildman–Crippen LogP) is 1.44. The lowest BCUT2D eigenvalue weighted by Gasteiger charge is -2.56. The van der Waals surface area contributed by atoms with Gasteiger partial charge in [0.2, 0.25) is 0 Å². The quantitative estimate of drug-likeness (QED) is 0.777. The van der Waals surface area contributed by atoms with E-state index in [2.05, 4.69) is 22.0 Å². The Balaban J connectivity index is 1.96. The molecule has 106 valence electrons. The van der Waals surface area contributed by atoms with E-state index in [4.69, 9.17) is 24.9 Å². The number of rotatable bonds is 0. The van der Waals surface area contributed by atoms with Crippen molar-refractivity contribution in [2.75, 3.05) is 33.0 Å². The molecule has 1 unspecified atom stereocenters. The molecule has 0 saturated carbocycles. The van der Waals surface area contributed by atoms with E-state index in [1.54, 1.807) is 0 Å². The number of hydrogen-bond donors (Lipinski definition) is 1. The lowest BCUT2D eigenvalue weighted by molar-refractivity contribution is -0.196. The Bertz CT molecular complexity index is 600. The van der Waals surface area contributed by atoms with Gasteiger partial charge in [0.25, 0.3) is 0 Å². The third-order valence-corrected chi connectivity index (χ3v) is 4.91. The van der Waals surface area contributed by atoms with Crippen molar-refractivity contribution in [3.05, 3.63) is 28.2 Å². The maximum atomic E-state index is 5.97. The molecule has 1 aromatic carbocycles. The summed E-state index contributed by atoms with van der Waals surface area (Å²) in [6.45, 7) is 2.74. The van der Waals surface area contributed by atoms with E-state index in [1.807, 2.05) is 12.1 Å². The number of nitrogens with two attached hydrogens (primary N) is 1. The van der Waals surface area contributed by atoms with Crippen molar-refractivity contribution < 1.29 is 14.2 Å². The largest absolute Gasteiger partial charge is 0.492 e. The van der Waals surface area contributed by atoms with Crippen molar-refractivity contribution in [1.82, 2.24) is 0 Å². The predicted molar refractivity (Wildman–Crippen MR) is 77.0 cm³/mol. The number of halogens is 1. The third kappa shape index (κ3) is 1.52. The second-order valence-electron chi connectivity index (χ2n) is 5.66. The molecule has 1 atom stereocenters. The maximum absolute atomic E-state index is 5.97. The summed E-state index contributed by atoms with van der Waals surface area (Å²) in [5.74, 6) is 1.39. The highest BCUT2D eigenvalue weighted by atomic mass is 79.9. The lowest BCUT2D eigenvalue weighted by atomic mass is 9.63. The zero-order valence-electron chi connectivity index (χ0n) is 10.9. The molecular formula is C14H15BrN2O3. The first-order valence-corrected chi connectivity index (χ1v) is 7.37. The fraction of sp³-hybridized carbons (Fsp3) is 0.500. The first-order valence-electron chi connectivity index (χ1n) is 6.58. The highest BCUT2D eigenvalue weighted by Crippen LogP contribution is 2.55. The minimum Gasteiger partial charge on any atom is -0.492 e. The molecule has 20 heavy (non-hydrogen) atoms. The maximum Gasteiger partial charge on any atom is 0.128 e. The van der Waals surface area contributed by atoms with Crippen molar-refractivity contribution in [2.24, 2.45) is 16.1 Å². The zero-order chi connectivity index (χ0) is 13.8. The molecule has 6 heteroatoms. The Morgan fingerprint density at radius 1 is 1.15 bits per heavy atom. The number of hydrogen-bond acceptors (Lipinski definition) is 5. The van der Waals surface area contributed by atoms with Gasteiger partial charge in [-0.25, -0.2) is 0 Å². The van der Waals surface area contributed by atoms with Gasteiger partial charge in [-0.05, 0) is 18.2 Å². The van der Waals surface area contributed by atoms with Gasteiger partial charge in [0.15, 0.2) is 0 Å². The van der Waals surface area contributed by atoms with Crippen LogP contribution < -0.4 is 10.5 Å². The number of fused-ring (bicyclic) bond motifs is 3. The van der Waals surface area contributed by atoms with Crippen LogP contribution in [0.4, 0.5) is 0 Å². The number of aliphatic imine (C=N–C) groups is 1. The summed E-state index contributed by atoms with van der Waals surface area (Å²) in [5.41, 5.74) is 6.33. The normalized spacial score (nSPS) is 30.4. The molecule has 1 saturated heterocycles. The van der Waals surface area contributed by atoms with Gasteiger partial charge in [-0.2, -0.15) is 0 Å². The van der Waals surface area contributed by atoms with Crippen molar-refractivity contribution >= 4 is 21.8 Å². The van der Waals surface area contributed by atoms with E-state index in [1.165, 1.54) is 0 Å². The SMILES string of the molecule is NC1=NC2(COC1)c1cc(Br)ccc1OCC21COC1. The Hall–Kier alpha value is -1.11. The fourth-order valence-electron chi connectivity index (χ4n) is 3.27. The van der Waals surface area contributed by atoms with Gasteiger partial charge in [0.05, 0.1) is 25.2 Å². The Labute approximate surface area is 125 Å². The second-order valence-corrected chi connectivity index (χ2v) is 6.57. The summed E-state index contributed by atoms with van der Waals surface area (Å²) >= 11 is 3.53. The van der Waals surface area contributed by atoms with E-state index in [-0.39, 0.29) is 5.41 Å². The van der Waals surface area contributed by atoms with E-state index < -0.39 is 5.54 Å². The van der Waals surface area contributed by atoms with Gasteiger partial charge >= 0.3 is 0 Å². The van der Waals surface area contributed by atoms with Crippen molar-refractivity contribution in [3.63, 3.8) is 0 Å². The molecule has 3 heterocycles. The summed E-state index contributed by atoms with van der Waals surface area (Å²) in [4.78, 5) is 4.82. The van der Waals surface area contributed by atoms with Crippen LogP contribution in [0.5, 0.6) is 5.75 Å². The monoisotopic (exact) mass is 338 g/mol. The molecular weight excluding hydrogens is 324 g/mol. The molecule has 2 spiro atoms. The van der Waals surface area contributed by atoms with E-state index in [9.17, 15) is 0 Å². The first-order chi connectivity index (χ1) is 9.65. The summed E-state index contributed by atoms with van der Waals surface area (Å²) in [6, 6.07) is 5.99. The van der Waals surface area contributed by atoms with E-state index in [0.717, 1.165) is 15.8 Å². The van der Waals surface area contributed by atoms with Gasteiger partial charge in [-0.3, -0.25) is 4.99 Å². The van der Waals surface area contributed by atoms with Gasteiger partial charge in [-0.1, -0.05) is 15.9 Å². The number of nitrogens with zero attached hydrogens (tertiary/aromatic N) is 1. The van der Waals surface area contributed by atoms with Crippen molar-refractivity contribution in [2.45, 2.75) is 5.54 Å². The van der Waals surface area contributed by atoms with E-state index in [0.29, 0.717) is 38.9 Å². The Morgan fingerprint density at radius 2 is 2.00 bits per heavy atom. The van der Waals surface area contributed by atoms with Crippen LogP contribution >= 0.6 is 15.9 Å². The Kier molecular flexibility index (Phi) is 2.64. The standard InChI is InChI=1S/C14H15BrN2O3/c15-9-1-2-11-10(3-9)14(8-18-4-12(16)17-14)13(7-20-11)5-19-6-13/h1-3H,4-8H2,(H2,16,17). The highest BCUT2D eigenvalue weighted by Gasteiger charge is 2.62. The second kappa shape index (κ2) is 4.19. The molecule has 2 N–H and O–H groups in total. The number of ether oxygens (including phenoxy) is 3. The smallest absolute Gasteiger partial charge is 0.128 e. The Morgan fingerprint density at radius 3 is 2.70 bits per heavy atom. The van der Waals surface area contributed by atoms with Crippen LogP contribution in [0.2, 0.25) is 0 Å². The molecule has 0 aliphatic carbocycles. The molecule has 1 aromatic rings. The van der Waals surface area contributed by atoms with E-state index >= 15 is 0 Å². The topological polar surface area (TPSA) is 66.1 Å². The van der Waals surface area contributed by atoms with Gasteiger partial charge in [-0.15, -0.1) is 0 Å². The molecule has 0 amide bonds. The van der Waals surface area contributed by atoms with Gasteiger partial charge in [0.1, 0.15) is 30.3 Å². The van der Waals surface area contributed by atoms with Gasteiger partial charge < -0.3 is 19.9 Å². The molecule has 0 radical (unpaired) electrons. The summed E-state index contributed by atoms with van der Waals surface area (Å²) < 4.78 is 18.1. The minimum absolute atomic E-state index is 0.175. The van der Waals surface area contributed by atoms with Gasteiger partial charge in [0, 0.05) is 10.0 Å². The third-order valence-electron chi connectivity index (χ3n) is 4.42. The molecule has 0 aromatic heterocycles.